The molecule has 1 aromatic heterocycles. The van der Waals surface area contributed by atoms with E-state index in [1.54, 1.807) is 18.2 Å². The van der Waals surface area contributed by atoms with Crippen molar-refractivity contribution in [2.75, 3.05) is 33.8 Å². The number of esters is 2. The number of carbonyl (C=O) groups excluding carboxylic acids is 3. The Morgan fingerprint density at radius 1 is 1.00 bits per heavy atom. The number of hydrogen-bond acceptors (Lipinski definition) is 9. The van der Waals surface area contributed by atoms with Crippen LogP contribution in [0.3, 0.4) is 0 Å². The molecule has 0 saturated carbocycles. The van der Waals surface area contributed by atoms with Gasteiger partial charge in [0.2, 0.25) is 11.6 Å². The molecule has 11 nitrogen and oxygen atoms in total. The molecule has 0 unspecified atom stereocenters. The van der Waals surface area contributed by atoms with E-state index in [1.165, 1.54) is 14.2 Å². The molecule has 1 amide bonds. The normalized spacial score (nSPS) is 10.1. The van der Waals surface area contributed by atoms with Crippen LogP contribution in [-0.4, -0.2) is 61.3 Å². The van der Waals surface area contributed by atoms with Crippen molar-refractivity contribution >= 4 is 23.5 Å². The summed E-state index contributed by atoms with van der Waals surface area (Å²) < 4.78 is 20.4. The van der Waals surface area contributed by atoms with Crippen LogP contribution in [0.4, 0.5) is 5.69 Å². The number of nitrogens with zero attached hydrogens (tertiary/aromatic N) is 3. The third-order valence-electron chi connectivity index (χ3n) is 3.45. The first kappa shape index (κ1) is 19.7. The van der Waals surface area contributed by atoms with Crippen LogP contribution in [0.25, 0.3) is 0 Å². The van der Waals surface area contributed by atoms with Gasteiger partial charge in [-0.2, -0.15) is 0 Å². The number of carbonyl (C=O) groups is 3. The Kier molecular flexibility index (Phi) is 6.31. The summed E-state index contributed by atoms with van der Waals surface area (Å²) in [5.41, 5.74) is -0.194. The Hall–Kier alpha value is -3.63. The van der Waals surface area contributed by atoms with Crippen LogP contribution in [0.2, 0.25) is 0 Å². The van der Waals surface area contributed by atoms with Gasteiger partial charge in [0.1, 0.15) is 6.54 Å². The van der Waals surface area contributed by atoms with Gasteiger partial charge in [-0.25, -0.2) is 14.3 Å². The number of benzene rings is 1. The second kappa shape index (κ2) is 8.65. The van der Waals surface area contributed by atoms with Crippen LogP contribution >= 0.6 is 0 Å². The zero-order valence-electron chi connectivity index (χ0n) is 15.1. The summed E-state index contributed by atoms with van der Waals surface area (Å²) in [6, 6.07) is 4.81. The number of amides is 1. The first-order valence-electron chi connectivity index (χ1n) is 7.57. The average Bonchev–Trinajstić information content (AvgIpc) is 3.09. The van der Waals surface area contributed by atoms with E-state index in [0.717, 1.165) is 18.9 Å². The van der Waals surface area contributed by atoms with E-state index in [1.807, 2.05) is 0 Å². The second-order valence-electron chi connectivity index (χ2n) is 5.05. The number of ether oxygens (including phenoxy) is 4. The molecule has 0 aliphatic heterocycles. The van der Waals surface area contributed by atoms with Gasteiger partial charge in [-0.05, 0) is 12.1 Å². The van der Waals surface area contributed by atoms with Crippen molar-refractivity contribution in [2.45, 2.75) is 6.54 Å². The standard InChI is InChI=1S/C16H18N4O7/c1-24-10-6-5-9(7-11(10)25-2)17-12(21)8-20-14(16(23)27-4)13(18-19-20)15(22)26-3/h5-7H,8H2,1-4H3,(H,17,21). The molecule has 0 saturated heterocycles. The maximum atomic E-state index is 12.3. The molecule has 1 heterocycles. The van der Waals surface area contributed by atoms with Gasteiger partial charge in [-0.15, -0.1) is 5.10 Å². The summed E-state index contributed by atoms with van der Waals surface area (Å²) in [4.78, 5) is 35.9. The van der Waals surface area contributed by atoms with E-state index in [-0.39, 0.29) is 17.9 Å². The highest BCUT2D eigenvalue weighted by molar-refractivity contribution is 6.01. The molecule has 27 heavy (non-hydrogen) atoms. The van der Waals surface area contributed by atoms with Crippen LogP contribution < -0.4 is 14.8 Å². The minimum absolute atomic E-state index is 0.285. The molecule has 2 rings (SSSR count). The van der Waals surface area contributed by atoms with E-state index in [2.05, 4.69) is 25.1 Å². The maximum Gasteiger partial charge on any atom is 0.361 e. The summed E-state index contributed by atoms with van der Waals surface area (Å²) in [7, 11) is 5.22. The highest BCUT2D eigenvalue weighted by Gasteiger charge is 2.27. The smallest absolute Gasteiger partial charge is 0.361 e. The fourth-order valence-electron chi connectivity index (χ4n) is 2.21. The molecular formula is C16H18N4O7. The van der Waals surface area contributed by atoms with E-state index in [0.29, 0.717) is 17.2 Å². The zero-order chi connectivity index (χ0) is 20.0. The molecule has 0 fully saturated rings. The van der Waals surface area contributed by atoms with Crippen LogP contribution in [0.5, 0.6) is 11.5 Å². The van der Waals surface area contributed by atoms with Crippen molar-refractivity contribution in [1.29, 1.82) is 0 Å². The minimum Gasteiger partial charge on any atom is -0.493 e. The van der Waals surface area contributed by atoms with Crippen LogP contribution in [-0.2, 0) is 20.8 Å². The Morgan fingerprint density at radius 2 is 1.67 bits per heavy atom. The van der Waals surface area contributed by atoms with Gasteiger partial charge in [0.25, 0.3) is 0 Å². The lowest BCUT2D eigenvalue weighted by atomic mass is 10.2. The SMILES string of the molecule is COC(=O)c1nnn(CC(=O)Nc2ccc(OC)c(OC)c2)c1C(=O)OC. The number of aromatic nitrogens is 3. The van der Waals surface area contributed by atoms with Crippen molar-refractivity contribution in [3.8, 4) is 11.5 Å². The fraction of sp³-hybridized carbons (Fsp3) is 0.312. The predicted molar refractivity (Wildman–Crippen MR) is 90.9 cm³/mol. The van der Waals surface area contributed by atoms with Gasteiger partial charge < -0.3 is 24.3 Å². The Labute approximate surface area is 154 Å². The molecule has 0 aliphatic rings. The molecule has 0 atom stereocenters. The summed E-state index contributed by atoms with van der Waals surface area (Å²) in [5.74, 6) is -1.34. The predicted octanol–water partition coefficient (Wildman–Crippen LogP) is 0.507. The van der Waals surface area contributed by atoms with Crippen LogP contribution in [0, 0.1) is 0 Å². The molecule has 2 aromatic rings. The van der Waals surface area contributed by atoms with Crippen molar-refractivity contribution in [1.82, 2.24) is 15.0 Å². The molecule has 0 radical (unpaired) electrons. The molecule has 144 valence electrons. The van der Waals surface area contributed by atoms with Crippen molar-refractivity contribution < 1.29 is 33.3 Å². The lowest BCUT2D eigenvalue weighted by Crippen LogP contribution is -2.23. The van der Waals surface area contributed by atoms with Crippen LogP contribution in [0.1, 0.15) is 21.0 Å². The van der Waals surface area contributed by atoms with Gasteiger partial charge in [0.05, 0.1) is 28.4 Å². The summed E-state index contributed by atoms with van der Waals surface area (Å²) >= 11 is 0. The summed E-state index contributed by atoms with van der Waals surface area (Å²) in [6.45, 7) is -0.386. The number of rotatable bonds is 7. The highest BCUT2D eigenvalue weighted by atomic mass is 16.5. The lowest BCUT2D eigenvalue weighted by molar-refractivity contribution is -0.116. The van der Waals surface area contributed by atoms with Crippen LogP contribution in [0.15, 0.2) is 18.2 Å². The molecule has 11 heteroatoms. The van der Waals surface area contributed by atoms with E-state index in [9.17, 15) is 14.4 Å². The largest absolute Gasteiger partial charge is 0.493 e. The first-order valence-corrected chi connectivity index (χ1v) is 7.57. The monoisotopic (exact) mass is 378 g/mol. The lowest BCUT2D eigenvalue weighted by Gasteiger charge is -2.11. The average molecular weight is 378 g/mol. The van der Waals surface area contributed by atoms with E-state index >= 15 is 0 Å². The first-order chi connectivity index (χ1) is 12.9. The molecule has 1 N–H and O–H groups in total. The third-order valence-corrected chi connectivity index (χ3v) is 3.45. The third kappa shape index (κ3) is 4.32. The number of methoxy groups -OCH3 is 4. The van der Waals surface area contributed by atoms with Gasteiger partial charge in [0.15, 0.2) is 17.2 Å². The Bertz CT molecular complexity index is 862. The summed E-state index contributed by atoms with van der Waals surface area (Å²) in [6.07, 6.45) is 0. The van der Waals surface area contributed by atoms with Gasteiger partial charge in [-0.3, -0.25) is 4.79 Å². The van der Waals surface area contributed by atoms with E-state index < -0.39 is 17.8 Å². The molecule has 1 aromatic carbocycles. The molecule has 0 bridgehead atoms. The number of hydrogen-bond donors (Lipinski definition) is 1. The number of nitrogens with one attached hydrogen (secondary N) is 1. The van der Waals surface area contributed by atoms with E-state index in [4.69, 9.17) is 9.47 Å². The van der Waals surface area contributed by atoms with Crippen molar-refractivity contribution in [3.05, 3.63) is 29.6 Å². The maximum absolute atomic E-state index is 12.3. The fourth-order valence-corrected chi connectivity index (χ4v) is 2.21. The minimum atomic E-state index is -0.876. The zero-order valence-corrected chi connectivity index (χ0v) is 15.1. The second-order valence-corrected chi connectivity index (χ2v) is 5.05. The molecule has 0 aliphatic carbocycles. The quantitative estimate of drug-likeness (QED) is 0.684. The molecule has 0 spiro atoms. The van der Waals surface area contributed by atoms with Gasteiger partial charge in [-0.1, -0.05) is 5.21 Å². The Balaban J connectivity index is 2.22. The van der Waals surface area contributed by atoms with Crippen molar-refractivity contribution in [3.63, 3.8) is 0 Å². The highest BCUT2D eigenvalue weighted by Crippen LogP contribution is 2.29. The number of anilines is 1. The van der Waals surface area contributed by atoms with Gasteiger partial charge >= 0.3 is 11.9 Å². The topological polar surface area (TPSA) is 131 Å². The summed E-state index contributed by atoms with van der Waals surface area (Å²) in [5, 5.41) is 9.87. The van der Waals surface area contributed by atoms with Crippen molar-refractivity contribution in [2.24, 2.45) is 0 Å². The van der Waals surface area contributed by atoms with Gasteiger partial charge in [0, 0.05) is 11.8 Å². The molecular weight excluding hydrogens is 360 g/mol. The Morgan fingerprint density at radius 3 is 2.26 bits per heavy atom.